The summed E-state index contributed by atoms with van der Waals surface area (Å²) in [6.07, 6.45) is 3.08. The molecule has 1 rings (SSSR count). The molecular formula is C16H25BrFN. The van der Waals surface area contributed by atoms with Gasteiger partial charge in [-0.15, -0.1) is 0 Å². The summed E-state index contributed by atoms with van der Waals surface area (Å²) < 4.78 is 14.8. The molecule has 1 N–H and O–H groups in total. The van der Waals surface area contributed by atoms with E-state index in [9.17, 15) is 4.39 Å². The van der Waals surface area contributed by atoms with Crippen LogP contribution < -0.4 is 5.32 Å². The molecule has 0 aromatic heterocycles. The molecule has 0 saturated carbocycles. The van der Waals surface area contributed by atoms with E-state index in [1.807, 2.05) is 12.1 Å². The number of halogens is 2. The lowest BCUT2D eigenvalue weighted by atomic mass is 9.87. The molecule has 0 aliphatic heterocycles. The van der Waals surface area contributed by atoms with Gasteiger partial charge >= 0.3 is 0 Å². The average molecular weight is 330 g/mol. The summed E-state index contributed by atoms with van der Waals surface area (Å²) in [6.45, 7) is 9.72. The molecule has 1 atom stereocenters. The fourth-order valence-corrected chi connectivity index (χ4v) is 2.43. The molecule has 0 amide bonds. The fraction of sp³-hybridized carbons (Fsp3) is 0.625. The number of benzene rings is 1. The molecule has 1 aromatic rings. The maximum atomic E-state index is 14.2. The van der Waals surface area contributed by atoms with Crippen LogP contribution in [0.2, 0.25) is 0 Å². The third-order valence-electron chi connectivity index (χ3n) is 3.18. The second-order valence-electron chi connectivity index (χ2n) is 6.25. The van der Waals surface area contributed by atoms with E-state index in [1.54, 1.807) is 6.07 Å². The lowest BCUT2D eigenvalue weighted by molar-refractivity contribution is 0.328. The van der Waals surface area contributed by atoms with E-state index in [0.717, 1.165) is 31.4 Å². The van der Waals surface area contributed by atoms with Crippen LogP contribution in [-0.2, 0) is 0 Å². The predicted molar refractivity (Wildman–Crippen MR) is 83.8 cm³/mol. The molecule has 0 aliphatic carbocycles. The van der Waals surface area contributed by atoms with Gasteiger partial charge in [0.05, 0.1) is 4.47 Å². The standard InChI is InChI=1S/C16H25BrFN/c1-5-11-19-14(9-10-16(2,3)4)12-7-6-8-13(17)15(12)18/h6-8,14,19H,5,9-11H2,1-4H3. The van der Waals surface area contributed by atoms with Gasteiger partial charge in [-0.1, -0.05) is 39.8 Å². The number of hydrogen-bond acceptors (Lipinski definition) is 1. The lowest BCUT2D eigenvalue weighted by Crippen LogP contribution is -2.24. The summed E-state index contributed by atoms with van der Waals surface area (Å²) in [7, 11) is 0. The van der Waals surface area contributed by atoms with E-state index in [4.69, 9.17) is 0 Å². The second-order valence-corrected chi connectivity index (χ2v) is 7.10. The van der Waals surface area contributed by atoms with Crippen molar-refractivity contribution >= 4 is 15.9 Å². The summed E-state index contributed by atoms with van der Waals surface area (Å²) >= 11 is 3.27. The quantitative estimate of drug-likeness (QED) is 0.731. The molecule has 0 saturated heterocycles. The van der Waals surface area contributed by atoms with Crippen LogP contribution in [0.4, 0.5) is 4.39 Å². The molecule has 0 bridgehead atoms. The van der Waals surface area contributed by atoms with Crippen LogP contribution in [0.1, 0.15) is 58.6 Å². The van der Waals surface area contributed by atoms with Crippen molar-refractivity contribution in [3.8, 4) is 0 Å². The predicted octanol–water partition coefficient (Wildman–Crippen LogP) is 5.46. The molecule has 1 aromatic carbocycles. The fourth-order valence-electron chi connectivity index (χ4n) is 2.05. The van der Waals surface area contributed by atoms with E-state index >= 15 is 0 Å². The van der Waals surface area contributed by atoms with Crippen LogP contribution in [0.15, 0.2) is 22.7 Å². The van der Waals surface area contributed by atoms with Gasteiger partial charge in [-0.3, -0.25) is 0 Å². The molecule has 0 heterocycles. The topological polar surface area (TPSA) is 12.0 Å². The second kappa shape index (κ2) is 7.39. The van der Waals surface area contributed by atoms with Gasteiger partial charge in [-0.25, -0.2) is 4.39 Å². The highest BCUT2D eigenvalue weighted by molar-refractivity contribution is 9.10. The maximum Gasteiger partial charge on any atom is 0.142 e. The first-order valence-electron chi connectivity index (χ1n) is 7.02. The monoisotopic (exact) mass is 329 g/mol. The van der Waals surface area contributed by atoms with E-state index in [-0.39, 0.29) is 17.3 Å². The third-order valence-corrected chi connectivity index (χ3v) is 3.79. The molecule has 1 unspecified atom stereocenters. The van der Waals surface area contributed by atoms with Crippen molar-refractivity contribution in [2.75, 3.05) is 6.54 Å². The molecular weight excluding hydrogens is 305 g/mol. The Balaban J connectivity index is 2.86. The van der Waals surface area contributed by atoms with Gasteiger partial charge in [0.2, 0.25) is 0 Å². The zero-order chi connectivity index (χ0) is 14.5. The van der Waals surface area contributed by atoms with Crippen molar-refractivity contribution < 1.29 is 4.39 Å². The van der Waals surface area contributed by atoms with Gasteiger partial charge in [0, 0.05) is 11.6 Å². The maximum absolute atomic E-state index is 14.2. The smallest absolute Gasteiger partial charge is 0.142 e. The van der Waals surface area contributed by atoms with Crippen LogP contribution >= 0.6 is 15.9 Å². The Hall–Kier alpha value is -0.410. The molecule has 0 radical (unpaired) electrons. The first kappa shape index (κ1) is 16.6. The van der Waals surface area contributed by atoms with Crippen LogP contribution in [-0.4, -0.2) is 6.54 Å². The highest BCUT2D eigenvalue weighted by Gasteiger charge is 2.19. The van der Waals surface area contributed by atoms with Gasteiger partial charge in [-0.2, -0.15) is 0 Å². The molecule has 3 heteroatoms. The number of rotatable bonds is 6. The Kier molecular flexibility index (Phi) is 6.48. The minimum Gasteiger partial charge on any atom is -0.310 e. The average Bonchev–Trinajstić information content (AvgIpc) is 2.32. The molecule has 19 heavy (non-hydrogen) atoms. The van der Waals surface area contributed by atoms with Crippen LogP contribution in [0.25, 0.3) is 0 Å². The lowest BCUT2D eigenvalue weighted by Gasteiger charge is -2.25. The Morgan fingerprint density at radius 2 is 2.00 bits per heavy atom. The van der Waals surface area contributed by atoms with E-state index in [1.165, 1.54) is 0 Å². The highest BCUT2D eigenvalue weighted by atomic mass is 79.9. The number of hydrogen-bond donors (Lipinski definition) is 1. The Bertz CT molecular complexity index is 398. The minimum atomic E-state index is -0.134. The van der Waals surface area contributed by atoms with Gasteiger partial charge in [0.1, 0.15) is 5.82 Å². The summed E-state index contributed by atoms with van der Waals surface area (Å²) in [4.78, 5) is 0. The number of nitrogens with one attached hydrogen (secondary N) is 1. The largest absolute Gasteiger partial charge is 0.310 e. The Morgan fingerprint density at radius 1 is 1.32 bits per heavy atom. The van der Waals surface area contributed by atoms with Crippen molar-refractivity contribution in [1.82, 2.24) is 5.32 Å². The van der Waals surface area contributed by atoms with Crippen molar-refractivity contribution in [2.45, 2.75) is 53.0 Å². The van der Waals surface area contributed by atoms with Crippen molar-refractivity contribution in [3.63, 3.8) is 0 Å². The molecule has 0 spiro atoms. The highest BCUT2D eigenvalue weighted by Crippen LogP contribution is 2.30. The van der Waals surface area contributed by atoms with E-state index in [0.29, 0.717) is 4.47 Å². The molecule has 108 valence electrons. The van der Waals surface area contributed by atoms with Gasteiger partial charge in [0.15, 0.2) is 0 Å². The van der Waals surface area contributed by atoms with Crippen LogP contribution in [0, 0.1) is 11.2 Å². The first-order valence-corrected chi connectivity index (χ1v) is 7.81. The molecule has 1 nitrogen and oxygen atoms in total. The first-order chi connectivity index (χ1) is 8.85. The normalized spacial score (nSPS) is 13.6. The van der Waals surface area contributed by atoms with E-state index in [2.05, 4.69) is 48.9 Å². The SMILES string of the molecule is CCCNC(CCC(C)(C)C)c1cccc(Br)c1F. The van der Waals surface area contributed by atoms with Gasteiger partial charge in [-0.05, 0) is 53.2 Å². The summed E-state index contributed by atoms with van der Waals surface area (Å²) in [6, 6.07) is 5.63. The Labute approximate surface area is 125 Å². The van der Waals surface area contributed by atoms with Gasteiger partial charge in [0.25, 0.3) is 0 Å². The summed E-state index contributed by atoms with van der Waals surface area (Å²) in [5.74, 6) is -0.134. The van der Waals surface area contributed by atoms with Crippen molar-refractivity contribution in [2.24, 2.45) is 5.41 Å². The zero-order valence-electron chi connectivity index (χ0n) is 12.4. The third kappa shape index (κ3) is 5.62. The molecule has 0 aliphatic rings. The summed E-state index contributed by atoms with van der Waals surface area (Å²) in [5, 5.41) is 3.47. The van der Waals surface area contributed by atoms with Crippen molar-refractivity contribution in [1.29, 1.82) is 0 Å². The Morgan fingerprint density at radius 3 is 2.58 bits per heavy atom. The zero-order valence-corrected chi connectivity index (χ0v) is 14.0. The minimum absolute atomic E-state index is 0.0941. The van der Waals surface area contributed by atoms with Crippen LogP contribution in [0.3, 0.4) is 0 Å². The van der Waals surface area contributed by atoms with Gasteiger partial charge < -0.3 is 5.32 Å². The van der Waals surface area contributed by atoms with Crippen molar-refractivity contribution in [3.05, 3.63) is 34.1 Å². The molecule has 0 fully saturated rings. The summed E-state index contributed by atoms with van der Waals surface area (Å²) in [5.41, 5.74) is 1.04. The van der Waals surface area contributed by atoms with E-state index < -0.39 is 0 Å². The van der Waals surface area contributed by atoms with Crippen LogP contribution in [0.5, 0.6) is 0 Å².